The second-order valence-electron chi connectivity index (χ2n) is 6.28. The first kappa shape index (κ1) is 16.7. The van der Waals surface area contributed by atoms with Crippen LogP contribution in [0.15, 0.2) is 18.2 Å². The van der Waals surface area contributed by atoms with Gasteiger partial charge in [0, 0.05) is 15.7 Å². The number of hydrogen-bond acceptors (Lipinski definition) is 3. The van der Waals surface area contributed by atoms with Gasteiger partial charge >= 0.3 is 6.09 Å². The van der Waals surface area contributed by atoms with E-state index in [0.717, 1.165) is 27.1 Å². The first-order valence-corrected chi connectivity index (χ1v) is 8.40. The molecule has 21 heavy (non-hydrogen) atoms. The zero-order valence-electron chi connectivity index (χ0n) is 12.4. The molecule has 1 saturated carbocycles. The summed E-state index contributed by atoms with van der Waals surface area (Å²) in [6.07, 6.45) is 1.40. The van der Waals surface area contributed by atoms with E-state index in [1.165, 1.54) is 0 Å². The second kappa shape index (κ2) is 6.60. The van der Waals surface area contributed by atoms with Crippen molar-refractivity contribution < 1.29 is 9.53 Å². The van der Waals surface area contributed by atoms with E-state index in [1.807, 2.05) is 39.0 Å². The van der Waals surface area contributed by atoms with Crippen molar-refractivity contribution in [2.24, 2.45) is 0 Å². The summed E-state index contributed by atoms with van der Waals surface area (Å²) in [6, 6.07) is 6.43. The van der Waals surface area contributed by atoms with Crippen LogP contribution in [0.4, 0.5) is 10.5 Å². The van der Waals surface area contributed by atoms with Gasteiger partial charge < -0.3 is 15.4 Å². The predicted octanol–water partition coefficient (Wildman–Crippen LogP) is 4.41. The highest BCUT2D eigenvalue weighted by atomic mass is 127. The van der Waals surface area contributed by atoms with Gasteiger partial charge in [-0.2, -0.15) is 0 Å². The van der Waals surface area contributed by atoms with Gasteiger partial charge in [0.1, 0.15) is 5.60 Å². The van der Waals surface area contributed by atoms with Crippen molar-refractivity contribution >= 4 is 46.0 Å². The number of rotatable bonds is 3. The molecule has 1 aliphatic rings. The number of benzene rings is 1. The Morgan fingerprint density at radius 2 is 2.00 bits per heavy atom. The molecule has 0 bridgehead atoms. The van der Waals surface area contributed by atoms with Crippen molar-refractivity contribution in [2.45, 2.75) is 51.3 Å². The molecule has 1 aliphatic carbocycles. The van der Waals surface area contributed by atoms with E-state index in [1.54, 1.807) is 0 Å². The molecule has 0 aromatic heterocycles. The first-order valence-electron chi connectivity index (χ1n) is 6.94. The maximum absolute atomic E-state index is 11.6. The van der Waals surface area contributed by atoms with Crippen molar-refractivity contribution in [2.75, 3.05) is 5.32 Å². The van der Waals surface area contributed by atoms with Crippen LogP contribution in [0.5, 0.6) is 0 Å². The quantitative estimate of drug-likeness (QED) is 0.709. The number of hydrogen-bond donors (Lipinski definition) is 2. The molecule has 0 aliphatic heterocycles. The van der Waals surface area contributed by atoms with E-state index in [9.17, 15) is 4.79 Å². The molecule has 4 nitrogen and oxygen atoms in total. The van der Waals surface area contributed by atoms with E-state index in [-0.39, 0.29) is 12.1 Å². The molecular weight excluding hydrogens is 403 g/mol. The lowest BCUT2D eigenvalue weighted by atomic mass is 9.86. The second-order valence-corrected chi connectivity index (χ2v) is 7.93. The fraction of sp³-hybridized carbons (Fsp3) is 0.533. The molecule has 1 aromatic rings. The normalized spacial score (nSPS) is 21.4. The van der Waals surface area contributed by atoms with E-state index in [4.69, 9.17) is 16.3 Å². The summed E-state index contributed by atoms with van der Waals surface area (Å²) < 4.78 is 6.35. The Hall–Kier alpha value is -0.690. The molecule has 1 fully saturated rings. The zero-order chi connectivity index (χ0) is 15.6. The van der Waals surface area contributed by atoms with Crippen LogP contribution in [0.3, 0.4) is 0 Å². The molecule has 116 valence electrons. The largest absolute Gasteiger partial charge is 0.444 e. The standard InChI is InChI=1S/C15H20ClIN2O2/c1-15(2,3)21-14(20)19-11-7-10(8-11)18-13-5-4-9(17)6-12(13)16/h4-6,10-11,18H,7-8H2,1-3H3,(H,19,20). The summed E-state index contributed by atoms with van der Waals surface area (Å²) in [5.74, 6) is 0. The Morgan fingerprint density at radius 3 is 2.57 bits per heavy atom. The Morgan fingerprint density at radius 1 is 1.33 bits per heavy atom. The van der Waals surface area contributed by atoms with Gasteiger partial charge in [0.2, 0.25) is 0 Å². The van der Waals surface area contributed by atoms with Crippen LogP contribution in [0.25, 0.3) is 0 Å². The third-order valence-corrected chi connectivity index (χ3v) is 4.13. The summed E-state index contributed by atoms with van der Waals surface area (Å²) in [6.45, 7) is 5.57. The van der Waals surface area contributed by atoms with Gasteiger partial charge in [-0.05, 0) is 74.4 Å². The summed E-state index contributed by atoms with van der Waals surface area (Å²) in [5.41, 5.74) is 0.484. The highest BCUT2D eigenvalue weighted by molar-refractivity contribution is 14.1. The van der Waals surface area contributed by atoms with Crippen LogP contribution >= 0.6 is 34.2 Å². The summed E-state index contributed by atoms with van der Waals surface area (Å²) in [5, 5.41) is 7.00. The SMILES string of the molecule is CC(C)(C)OC(=O)NC1CC(Nc2ccc(I)cc2Cl)C1. The van der Waals surface area contributed by atoms with Gasteiger partial charge in [-0.25, -0.2) is 4.79 Å². The number of carbonyl (C=O) groups is 1. The molecule has 0 radical (unpaired) electrons. The molecule has 1 amide bonds. The van der Waals surface area contributed by atoms with Crippen LogP contribution in [-0.4, -0.2) is 23.8 Å². The minimum absolute atomic E-state index is 0.167. The third-order valence-electron chi connectivity index (χ3n) is 3.15. The Bertz CT molecular complexity index is 525. The molecule has 0 saturated heterocycles. The molecule has 1 aromatic carbocycles. The fourth-order valence-corrected chi connectivity index (χ4v) is 3.06. The van der Waals surface area contributed by atoms with Crippen molar-refractivity contribution in [1.82, 2.24) is 5.32 Å². The predicted molar refractivity (Wildman–Crippen MR) is 94.0 cm³/mol. The van der Waals surface area contributed by atoms with Gasteiger partial charge in [0.25, 0.3) is 0 Å². The lowest BCUT2D eigenvalue weighted by Gasteiger charge is -2.37. The number of nitrogens with one attached hydrogen (secondary N) is 2. The van der Waals surface area contributed by atoms with Gasteiger partial charge in [-0.3, -0.25) is 0 Å². The van der Waals surface area contributed by atoms with Gasteiger partial charge in [-0.1, -0.05) is 11.6 Å². The Labute approximate surface area is 144 Å². The van der Waals surface area contributed by atoms with Crippen LogP contribution in [0.2, 0.25) is 5.02 Å². The van der Waals surface area contributed by atoms with Crippen molar-refractivity contribution in [3.8, 4) is 0 Å². The molecule has 0 unspecified atom stereocenters. The number of amides is 1. The monoisotopic (exact) mass is 422 g/mol. The molecule has 2 rings (SSSR count). The average molecular weight is 423 g/mol. The van der Waals surface area contributed by atoms with Gasteiger partial charge in [0.05, 0.1) is 10.7 Å². The van der Waals surface area contributed by atoms with E-state index < -0.39 is 5.60 Å². The van der Waals surface area contributed by atoms with Crippen LogP contribution in [0, 0.1) is 3.57 Å². The Kier molecular flexibility index (Phi) is 5.24. The summed E-state index contributed by atoms with van der Waals surface area (Å²) >= 11 is 8.42. The van der Waals surface area contributed by atoms with E-state index in [0.29, 0.717) is 6.04 Å². The maximum atomic E-state index is 11.6. The minimum atomic E-state index is -0.458. The van der Waals surface area contributed by atoms with Crippen LogP contribution in [0.1, 0.15) is 33.6 Å². The topological polar surface area (TPSA) is 50.4 Å². The number of anilines is 1. The zero-order valence-corrected chi connectivity index (χ0v) is 15.3. The molecule has 0 heterocycles. The summed E-state index contributed by atoms with van der Waals surface area (Å²) in [4.78, 5) is 11.6. The fourth-order valence-electron chi connectivity index (χ4n) is 2.15. The molecular formula is C15H20ClIN2O2. The third kappa shape index (κ3) is 5.21. The molecule has 6 heteroatoms. The molecule has 0 atom stereocenters. The molecule has 0 spiro atoms. The molecule has 2 N–H and O–H groups in total. The minimum Gasteiger partial charge on any atom is -0.444 e. The van der Waals surface area contributed by atoms with Crippen molar-refractivity contribution in [3.05, 3.63) is 26.8 Å². The number of halogens is 2. The van der Waals surface area contributed by atoms with Crippen molar-refractivity contribution in [1.29, 1.82) is 0 Å². The smallest absolute Gasteiger partial charge is 0.407 e. The lowest BCUT2D eigenvalue weighted by molar-refractivity contribution is 0.0475. The van der Waals surface area contributed by atoms with Gasteiger partial charge in [0.15, 0.2) is 0 Å². The highest BCUT2D eigenvalue weighted by Crippen LogP contribution is 2.29. The van der Waals surface area contributed by atoms with Crippen molar-refractivity contribution in [3.63, 3.8) is 0 Å². The maximum Gasteiger partial charge on any atom is 0.407 e. The van der Waals surface area contributed by atoms with Gasteiger partial charge in [-0.15, -0.1) is 0 Å². The van der Waals surface area contributed by atoms with Crippen LogP contribution < -0.4 is 10.6 Å². The number of carbonyl (C=O) groups excluding carboxylic acids is 1. The van der Waals surface area contributed by atoms with E-state index >= 15 is 0 Å². The highest BCUT2D eigenvalue weighted by Gasteiger charge is 2.31. The Balaban J connectivity index is 1.75. The lowest BCUT2D eigenvalue weighted by Crippen LogP contribution is -2.50. The average Bonchev–Trinajstić information content (AvgIpc) is 2.26. The summed E-state index contributed by atoms with van der Waals surface area (Å²) in [7, 11) is 0. The van der Waals surface area contributed by atoms with E-state index in [2.05, 4.69) is 33.2 Å². The first-order chi connectivity index (χ1) is 9.73. The van der Waals surface area contributed by atoms with Crippen LogP contribution in [-0.2, 0) is 4.74 Å². The number of alkyl carbamates (subject to hydrolysis) is 1. The number of ether oxygens (including phenoxy) is 1.